The minimum atomic E-state index is -4.40. The van der Waals surface area contributed by atoms with Crippen LogP contribution in [0.15, 0.2) is 36.4 Å². The van der Waals surface area contributed by atoms with E-state index in [1.165, 1.54) is 6.07 Å². The summed E-state index contributed by atoms with van der Waals surface area (Å²) in [5, 5.41) is 0. The van der Waals surface area contributed by atoms with E-state index in [1.807, 2.05) is 36.6 Å². The number of imidazole rings is 1. The Bertz CT molecular complexity index is 964. The van der Waals surface area contributed by atoms with Gasteiger partial charge in [-0.3, -0.25) is 0 Å². The number of alkyl halides is 3. The second-order valence-corrected chi connectivity index (χ2v) is 6.71. The maximum atomic E-state index is 13.0. The quantitative estimate of drug-likeness (QED) is 0.513. The van der Waals surface area contributed by atoms with Crippen LogP contribution in [0.4, 0.5) is 13.2 Å². The van der Waals surface area contributed by atoms with Crippen molar-refractivity contribution in [3.05, 3.63) is 58.9 Å². The Kier molecular flexibility index (Phi) is 5.93. The van der Waals surface area contributed by atoms with Crippen molar-refractivity contribution < 1.29 is 22.6 Å². The summed E-state index contributed by atoms with van der Waals surface area (Å²) >= 11 is 0. The average molecular weight is 392 g/mol. The van der Waals surface area contributed by atoms with Crippen LogP contribution in [0.5, 0.6) is 5.75 Å². The zero-order valence-electron chi connectivity index (χ0n) is 16.1. The lowest BCUT2D eigenvalue weighted by Gasteiger charge is -2.13. The molecule has 0 aliphatic carbocycles. The highest BCUT2D eigenvalue weighted by molar-refractivity contribution is 5.77. The SMILES string of the molecule is COCCCn1c(COc2cccc(C)c2C)nc2cc(C(F)(F)F)ccc21. The van der Waals surface area contributed by atoms with Crippen molar-refractivity contribution in [2.75, 3.05) is 13.7 Å². The molecule has 0 saturated carbocycles. The number of ether oxygens (including phenoxy) is 2. The second kappa shape index (κ2) is 8.22. The highest BCUT2D eigenvalue weighted by atomic mass is 19.4. The summed E-state index contributed by atoms with van der Waals surface area (Å²) in [7, 11) is 1.62. The maximum Gasteiger partial charge on any atom is 0.416 e. The van der Waals surface area contributed by atoms with Crippen LogP contribution in [-0.2, 0) is 24.1 Å². The molecule has 3 rings (SSSR count). The molecule has 150 valence electrons. The van der Waals surface area contributed by atoms with Crippen molar-refractivity contribution >= 4 is 11.0 Å². The predicted molar refractivity (Wildman–Crippen MR) is 101 cm³/mol. The molecule has 1 heterocycles. The fraction of sp³-hybridized carbons (Fsp3) is 0.381. The van der Waals surface area contributed by atoms with Gasteiger partial charge in [0.2, 0.25) is 0 Å². The van der Waals surface area contributed by atoms with Gasteiger partial charge in [-0.15, -0.1) is 0 Å². The molecule has 0 fully saturated rings. The number of fused-ring (bicyclic) bond motifs is 1. The molecule has 7 heteroatoms. The number of hydrogen-bond acceptors (Lipinski definition) is 3. The molecule has 0 radical (unpaired) electrons. The molecular weight excluding hydrogens is 369 g/mol. The van der Waals surface area contributed by atoms with Crippen molar-refractivity contribution in [1.29, 1.82) is 0 Å². The number of aryl methyl sites for hydroxylation is 2. The number of methoxy groups -OCH3 is 1. The summed E-state index contributed by atoms with van der Waals surface area (Å²) in [4.78, 5) is 4.43. The standard InChI is InChI=1S/C21H23F3N2O2/c1-14-6-4-7-19(15(14)2)28-13-20-25-17-12-16(21(22,23)24)8-9-18(17)26(20)10-5-11-27-3/h4,6-9,12H,5,10-11,13H2,1-3H3. The van der Waals surface area contributed by atoms with E-state index in [1.54, 1.807) is 7.11 Å². The Labute approximate surface area is 161 Å². The smallest absolute Gasteiger partial charge is 0.416 e. The summed E-state index contributed by atoms with van der Waals surface area (Å²) in [6, 6.07) is 9.44. The number of aromatic nitrogens is 2. The second-order valence-electron chi connectivity index (χ2n) is 6.71. The van der Waals surface area contributed by atoms with Crippen LogP contribution in [-0.4, -0.2) is 23.3 Å². The Morgan fingerprint density at radius 1 is 1.11 bits per heavy atom. The lowest BCUT2D eigenvalue weighted by molar-refractivity contribution is -0.137. The molecule has 3 aromatic rings. The van der Waals surface area contributed by atoms with Crippen LogP contribution in [0.1, 0.15) is 28.9 Å². The van der Waals surface area contributed by atoms with Crippen LogP contribution in [0.2, 0.25) is 0 Å². The van der Waals surface area contributed by atoms with Gasteiger partial charge in [0, 0.05) is 20.3 Å². The predicted octanol–water partition coefficient (Wildman–Crippen LogP) is 5.29. The summed E-state index contributed by atoms with van der Waals surface area (Å²) in [6.07, 6.45) is -3.68. The van der Waals surface area contributed by atoms with Gasteiger partial charge in [0.15, 0.2) is 0 Å². The van der Waals surface area contributed by atoms with Crippen molar-refractivity contribution in [1.82, 2.24) is 9.55 Å². The molecule has 0 N–H and O–H groups in total. The van der Waals surface area contributed by atoms with Crippen molar-refractivity contribution in [2.24, 2.45) is 0 Å². The first-order chi connectivity index (χ1) is 13.3. The summed E-state index contributed by atoms with van der Waals surface area (Å²) < 4.78 is 52.1. The Balaban J connectivity index is 1.94. The van der Waals surface area contributed by atoms with Gasteiger partial charge < -0.3 is 14.0 Å². The summed E-state index contributed by atoms with van der Waals surface area (Å²) in [6.45, 7) is 5.29. The molecule has 0 aliphatic rings. The van der Waals surface area contributed by atoms with Crippen LogP contribution < -0.4 is 4.74 Å². The van der Waals surface area contributed by atoms with Crippen LogP contribution >= 0.6 is 0 Å². The van der Waals surface area contributed by atoms with Gasteiger partial charge in [-0.2, -0.15) is 13.2 Å². The van der Waals surface area contributed by atoms with Gasteiger partial charge in [0.25, 0.3) is 0 Å². The lowest BCUT2D eigenvalue weighted by Crippen LogP contribution is -2.09. The molecule has 0 amide bonds. The van der Waals surface area contributed by atoms with E-state index in [-0.39, 0.29) is 6.61 Å². The summed E-state index contributed by atoms with van der Waals surface area (Å²) in [5.41, 5.74) is 2.41. The van der Waals surface area contributed by atoms with E-state index >= 15 is 0 Å². The van der Waals surface area contributed by atoms with E-state index in [9.17, 15) is 13.2 Å². The first-order valence-corrected chi connectivity index (χ1v) is 9.05. The topological polar surface area (TPSA) is 36.3 Å². The van der Waals surface area contributed by atoms with E-state index in [2.05, 4.69) is 4.98 Å². The molecule has 0 unspecified atom stereocenters. The van der Waals surface area contributed by atoms with E-state index < -0.39 is 11.7 Å². The zero-order chi connectivity index (χ0) is 20.3. The van der Waals surface area contributed by atoms with Crippen LogP contribution in [0.3, 0.4) is 0 Å². The number of rotatable bonds is 7. The lowest BCUT2D eigenvalue weighted by atomic mass is 10.1. The van der Waals surface area contributed by atoms with Crippen molar-refractivity contribution in [2.45, 2.75) is 39.6 Å². The monoisotopic (exact) mass is 392 g/mol. The number of hydrogen-bond donors (Lipinski definition) is 0. The number of halogens is 3. The first-order valence-electron chi connectivity index (χ1n) is 9.05. The zero-order valence-corrected chi connectivity index (χ0v) is 16.1. The number of nitrogens with zero attached hydrogens (tertiary/aromatic N) is 2. The third kappa shape index (κ3) is 4.30. The third-order valence-electron chi connectivity index (χ3n) is 4.80. The Hall–Kier alpha value is -2.54. The van der Waals surface area contributed by atoms with Gasteiger partial charge in [-0.05, 0) is 55.7 Å². The van der Waals surface area contributed by atoms with E-state index in [4.69, 9.17) is 9.47 Å². The van der Waals surface area contributed by atoms with Crippen molar-refractivity contribution in [3.8, 4) is 5.75 Å². The largest absolute Gasteiger partial charge is 0.485 e. The fourth-order valence-electron chi connectivity index (χ4n) is 3.11. The third-order valence-corrected chi connectivity index (χ3v) is 4.80. The average Bonchev–Trinajstić information content (AvgIpc) is 2.99. The van der Waals surface area contributed by atoms with Gasteiger partial charge >= 0.3 is 6.18 Å². The first kappa shape index (κ1) is 20.2. The van der Waals surface area contributed by atoms with Crippen LogP contribution in [0.25, 0.3) is 11.0 Å². The molecular formula is C21H23F3N2O2. The Morgan fingerprint density at radius 2 is 1.89 bits per heavy atom. The molecule has 2 aromatic carbocycles. The molecule has 0 spiro atoms. The molecule has 0 atom stereocenters. The number of benzene rings is 2. The maximum absolute atomic E-state index is 13.0. The van der Waals surface area contributed by atoms with Gasteiger partial charge in [0.1, 0.15) is 18.2 Å². The molecule has 0 bridgehead atoms. The van der Waals surface area contributed by atoms with Crippen molar-refractivity contribution in [3.63, 3.8) is 0 Å². The Morgan fingerprint density at radius 3 is 2.61 bits per heavy atom. The molecule has 0 aliphatic heterocycles. The van der Waals surface area contributed by atoms with Gasteiger partial charge in [-0.1, -0.05) is 12.1 Å². The normalized spacial score (nSPS) is 11.9. The van der Waals surface area contributed by atoms with Gasteiger partial charge in [-0.25, -0.2) is 4.98 Å². The fourth-order valence-corrected chi connectivity index (χ4v) is 3.11. The molecule has 1 aromatic heterocycles. The minimum Gasteiger partial charge on any atom is -0.485 e. The minimum absolute atomic E-state index is 0.174. The molecule has 4 nitrogen and oxygen atoms in total. The van der Waals surface area contributed by atoms with E-state index in [0.717, 1.165) is 35.4 Å². The van der Waals surface area contributed by atoms with Gasteiger partial charge in [0.05, 0.1) is 16.6 Å². The molecule has 28 heavy (non-hydrogen) atoms. The van der Waals surface area contributed by atoms with Crippen LogP contribution in [0, 0.1) is 13.8 Å². The van der Waals surface area contributed by atoms with E-state index in [0.29, 0.717) is 30.0 Å². The molecule has 0 saturated heterocycles. The highest BCUT2D eigenvalue weighted by Gasteiger charge is 2.31. The highest BCUT2D eigenvalue weighted by Crippen LogP contribution is 2.32. The summed E-state index contributed by atoms with van der Waals surface area (Å²) in [5.74, 6) is 1.33.